The third-order valence-corrected chi connectivity index (χ3v) is 3.15. The highest BCUT2D eigenvalue weighted by Crippen LogP contribution is 2.34. The predicted octanol–water partition coefficient (Wildman–Crippen LogP) is 1.90. The Morgan fingerprint density at radius 1 is 1.40 bits per heavy atom. The standard InChI is InChI=1S/C12H20O3/c1-7(2)10-6-12(15-9(4)13)8(3)5-11(10)14/h8,10-12,14H,1,5-6H2,2-4H3/t8-,10-,11+,12?/m1/s1. The van der Waals surface area contributed by atoms with Gasteiger partial charge in [0.25, 0.3) is 0 Å². The zero-order valence-corrected chi connectivity index (χ0v) is 9.69. The van der Waals surface area contributed by atoms with Gasteiger partial charge in [-0.25, -0.2) is 0 Å². The number of carbonyl (C=O) groups excluding carboxylic acids is 1. The molecule has 1 fully saturated rings. The average Bonchev–Trinajstić information content (AvgIpc) is 2.08. The van der Waals surface area contributed by atoms with Gasteiger partial charge in [0.15, 0.2) is 0 Å². The summed E-state index contributed by atoms with van der Waals surface area (Å²) in [5.74, 6) is 0.0359. The van der Waals surface area contributed by atoms with E-state index >= 15 is 0 Å². The molecule has 0 spiro atoms. The van der Waals surface area contributed by atoms with Gasteiger partial charge >= 0.3 is 5.97 Å². The number of ether oxygens (including phenoxy) is 1. The van der Waals surface area contributed by atoms with Crippen molar-refractivity contribution in [1.29, 1.82) is 0 Å². The molecule has 3 heteroatoms. The number of aliphatic hydroxyl groups is 1. The number of rotatable bonds is 2. The lowest BCUT2D eigenvalue weighted by Crippen LogP contribution is -2.39. The van der Waals surface area contributed by atoms with Crippen LogP contribution in [0.5, 0.6) is 0 Å². The zero-order valence-electron chi connectivity index (χ0n) is 9.69. The first-order valence-corrected chi connectivity index (χ1v) is 5.42. The van der Waals surface area contributed by atoms with Crippen LogP contribution in [0, 0.1) is 11.8 Å². The van der Waals surface area contributed by atoms with Crippen LogP contribution in [0.15, 0.2) is 12.2 Å². The maximum absolute atomic E-state index is 10.9. The minimum absolute atomic E-state index is 0.0607. The SMILES string of the molecule is C=C(C)[C@H]1CC(OC(C)=O)[C@H](C)C[C@@H]1O. The third-order valence-electron chi connectivity index (χ3n) is 3.15. The van der Waals surface area contributed by atoms with Gasteiger partial charge in [0, 0.05) is 12.8 Å². The monoisotopic (exact) mass is 212 g/mol. The van der Waals surface area contributed by atoms with Crippen LogP contribution < -0.4 is 0 Å². The molecule has 3 nitrogen and oxygen atoms in total. The molecule has 0 aliphatic heterocycles. The molecule has 1 aliphatic rings. The largest absolute Gasteiger partial charge is 0.462 e. The van der Waals surface area contributed by atoms with Gasteiger partial charge in [0.05, 0.1) is 6.10 Å². The minimum Gasteiger partial charge on any atom is -0.462 e. The predicted molar refractivity (Wildman–Crippen MR) is 58.3 cm³/mol. The van der Waals surface area contributed by atoms with Crippen LogP contribution in [0.25, 0.3) is 0 Å². The molecular weight excluding hydrogens is 192 g/mol. The van der Waals surface area contributed by atoms with E-state index in [9.17, 15) is 9.90 Å². The first-order valence-electron chi connectivity index (χ1n) is 5.42. The second-order valence-electron chi connectivity index (χ2n) is 4.62. The van der Waals surface area contributed by atoms with E-state index in [1.807, 2.05) is 13.8 Å². The molecule has 1 unspecified atom stereocenters. The van der Waals surface area contributed by atoms with Crippen molar-refractivity contribution < 1.29 is 14.6 Å². The van der Waals surface area contributed by atoms with Gasteiger partial charge in [-0.05, 0) is 25.7 Å². The molecule has 0 saturated heterocycles. The first-order chi connectivity index (χ1) is 6.91. The van der Waals surface area contributed by atoms with Crippen molar-refractivity contribution >= 4 is 5.97 Å². The number of aliphatic hydroxyl groups excluding tert-OH is 1. The van der Waals surface area contributed by atoms with E-state index in [0.29, 0.717) is 12.8 Å². The molecule has 0 heterocycles. The molecule has 1 aliphatic carbocycles. The number of hydrogen-bond donors (Lipinski definition) is 1. The molecular formula is C12H20O3. The van der Waals surface area contributed by atoms with Crippen LogP contribution in [0.1, 0.15) is 33.6 Å². The summed E-state index contributed by atoms with van der Waals surface area (Å²) >= 11 is 0. The van der Waals surface area contributed by atoms with Crippen molar-refractivity contribution in [3.05, 3.63) is 12.2 Å². The Bertz CT molecular complexity index is 260. The highest BCUT2D eigenvalue weighted by Gasteiger charge is 2.35. The van der Waals surface area contributed by atoms with E-state index in [0.717, 1.165) is 5.57 Å². The maximum atomic E-state index is 10.9. The Morgan fingerprint density at radius 3 is 2.47 bits per heavy atom. The van der Waals surface area contributed by atoms with Crippen LogP contribution >= 0.6 is 0 Å². The van der Waals surface area contributed by atoms with Gasteiger partial charge in [-0.15, -0.1) is 0 Å². The molecule has 4 atom stereocenters. The van der Waals surface area contributed by atoms with E-state index in [4.69, 9.17) is 4.74 Å². The van der Waals surface area contributed by atoms with E-state index < -0.39 is 0 Å². The summed E-state index contributed by atoms with van der Waals surface area (Å²) in [4.78, 5) is 10.9. The number of esters is 1. The summed E-state index contributed by atoms with van der Waals surface area (Å²) in [6, 6.07) is 0. The fourth-order valence-corrected chi connectivity index (χ4v) is 2.24. The Balaban J connectivity index is 2.66. The van der Waals surface area contributed by atoms with Crippen LogP contribution in [0.3, 0.4) is 0 Å². The summed E-state index contributed by atoms with van der Waals surface area (Å²) in [7, 11) is 0. The Kier molecular flexibility index (Phi) is 3.91. The van der Waals surface area contributed by atoms with Gasteiger partial charge in [-0.2, -0.15) is 0 Å². The summed E-state index contributed by atoms with van der Waals surface area (Å²) in [6.45, 7) is 9.21. The van der Waals surface area contributed by atoms with Gasteiger partial charge < -0.3 is 9.84 Å². The molecule has 1 rings (SSSR count). The van der Waals surface area contributed by atoms with Crippen LogP contribution in [-0.2, 0) is 9.53 Å². The molecule has 15 heavy (non-hydrogen) atoms. The fourth-order valence-electron chi connectivity index (χ4n) is 2.24. The zero-order chi connectivity index (χ0) is 11.6. The van der Waals surface area contributed by atoms with Gasteiger partial charge in [0.1, 0.15) is 6.10 Å². The number of hydrogen-bond acceptors (Lipinski definition) is 3. The summed E-state index contributed by atoms with van der Waals surface area (Å²) in [6.07, 6.45) is 0.948. The lowest BCUT2D eigenvalue weighted by atomic mass is 9.76. The Morgan fingerprint density at radius 2 is 2.00 bits per heavy atom. The van der Waals surface area contributed by atoms with Crippen molar-refractivity contribution in [1.82, 2.24) is 0 Å². The van der Waals surface area contributed by atoms with Crippen molar-refractivity contribution in [3.8, 4) is 0 Å². The van der Waals surface area contributed by atoms with E-state index in [1.165, 1.54) is 6.92 Å². The molecule has 1 N–H and O–H groups in total. The highest BCUT2D eigenvalue weighted by molar-refractivity contribution is 5.66. The Hall–Kier alpha value is -0.830. The second kappa shape index (κ2) is 4.79. The van der Waals surface area contributed by atoms with Crippen molar-refractivity contribution in [2.45, 2.75) is 45.8 Å². The lowest BCUT2D eigenvalue weighted by molar-refractivity contribution is -0.153. The normalized spacial score (nSPS) is 36.0. The van der Waals surface area contributed by atoms with Gasteiger partial charge in [-0.3, -0.25) is 4.79 Å². The van der Waals surface area contributed by atoms with Crippen molar-refractivity contribution in [3.63, 3.8) is 0 Å². The van der Waals surface area contributed by atoms with Crippen LogP contribution in [0.2, 0.25) is 0 Å². The third kappa shape index (κ3) is 3.06. The second-order valence-corrected chi connectivity index (χ2v) is 4.62. The molecule has 0 aromatic carbocycles. The lowest BCUT2D eigenvalue weighted by Gasteiger charge is -2.37. The smallest absolute Gasteiger partial charge is 0.302 e. The molecule has 0 aromatic heterocycles. The van der Waals surface area contributed by atoms with E-state index in [-0.39, 0.29) is 30.0 Å². The first kappa shape index (κ1) is 12.2. The van der Waals surface area contributed by atoms with Crippen LogP contribution in [-0.4, -0.2) is 23.3 Å². The molecule has 0 bridgehead atoms. The quantitative estimate of drug-likeness (QED) is 0.561. The number of carbonyl (C=O) groups is 1. The van der Waals surface area contributed by atoms with Gasteiger partial charge in [0.2, 0.25) is 0 Å². The summed E-state index contributed by atoms with van der Waals surface area (Å²) < 4.78 is 5.24. The fraction of sp³-hybridized carbons (Fsp3) is 0.750. The van der Waals surface area contributed by atoms with E-state index in [1.54, 1.807) is 0 Å². The molecule has 1 saturated carbocycles. The highest BCUT2D eigenvalue weighted by atomic mass is 16.5. The Labute approximate surface area is 91.1 Å². The van der Waals surface area contributed by atoms with E-state index in [2.05, 4.69) is 6.58 Å². The average molecular weight is 212 g/mol. The van der Waals surface area contributed by atoms with Gasteiger partial charge in [-0.1, -0.05) is 19.1 Å². The summed E-state index contributed by atoms with van der Waals surface area (Å²) in [5, 5.41) is 9.86. The minimum atomic E-state index is -0.343. The van der Waals surface area contributed by atoms with Crippen molar-refractivity contribution in [2.75, 3.05) is 0 Å². The molecule has 0 amide bonds. The summed E-state index contributed by atoms with van der Waals surface area (Å²) in [5.41, 5.74) is 0.964. The molecule has 86 valence electrons. The molecule has 0 radical (unpaired) electrons. The topological polar surface area (TPSA) is 46.5 Å². The maximum Gasteiger partial charge on any atom is 0.302 e. The molecule has 0 aromatic rings. The van der Waals surface area contributed by atoms with Crippen molar-refractivity contribution in [2.24, 2.45) is 11.8 Å². The van der Waals surface area contributed by atoms with Crippen LogP contribution in [0.4, 0.5) is 0 Å².